The lowest BCUT2D eigenvalue weighted by Crippen LogP contribution is -2.15. The van der Waals surface area contributed by atoms with Gasteiger partial charge in [-0.1, -0.05) is 60.9 Å². The van der Waals surface area contributed by atoms with Gasteiger partial charge in [0.15, 0.2) is 13.0 Å². The highest BCUT2D eigenvalue weighted by Gasteiger charge is 2.25. The minimum atomic E-state index is -3.34. The van der Waals surface area contributed by atoms with Crippen LogP contribution in [0.15, 0.2) is 52.4 Å². The van der Waals surface area contributed by atoms with Crippen molar-refractivity contribution in [3.05, 3.63) is 69.6 Å². The molecule has 0 aliphatic heterocycles. The normalized spacial score (nSPS) is 11.7. The zero-order valence-electron chi connectivity index (χ0n) is 22.2. The Morgan fingerprint density at radius 2 is 1.69 bits per heavy atom. The van der Waals surface area contributed by atoms with E-state index in [0.717, 1.165) is 21.2 Å². The van der Waals surface area contributed by atoms with Gasteiger partial charge in [-0.25, -0.2) is 9.78 Å². The predicted molar refractivity (Wildman–Crippen MR) is 153 cm³/mol. The van der Waals surface area contributed by atoms with Crippen LogP contribution in [0, 0.1) is 0 Å². The highest BCUT2D eigenvalue weighted by molar-refractivity contribution is 7.99. The highest BCUT2D eigenvalue weighted by Crippen LogP contribution is 2.48. The number of primary amides is 1. The third-order valence-corrected chi connectivity index (χ3v) is 8.55. The van der Waals surface area contributed by atoms with E-state index in [1.54, 1.807) is 32.0 Å². The SMILES string of the molecule is CCOP(=O)(COc1ccc(Cn2c(COC(N)=O)nc(C(C)C)c2Sc2cc(Cl)cc(Cl)c2)cc1)OCC. The number of rotatable bonds is 14. The van der Waals surface area contributed by atoms with Crippen LogP contribution in [0.5, 0.6) is 5.75 Å². The molecule has 2 aromatic carbocycles. The zero-order chi connectivity index (χ0) is 28.6. The van der Waals surface area contributed by atoms with Gasteiger partial charge in [0.1, 0.15) is 16.6 Å². The van der Waals surface area contributed by atoms with Crippen molar-refractivity contribution in [2.24, 2.45) is 5.73 Å². The Kier molecular flexibility index (Phi) is 11.6. The Hall–Kier alpha value is -2.20. The molecule has 0 fully saturated rings. The van der Waals surface area contributed by atoms with Gasteiger partial charge < -0.3 is 28.8 Å². The molecule has 39 heavy (non-hydrogen) atoms. The van der Waals surface area contributed by atoms with Gasteiger partial charge in [-0.05, 0) is 55.7 Å². The van der Waals surface area contributed by atoms with E-state index >= 15 is 0 Å². The Morgan fingerprint density at radius 3 is 2.23 bits per heavy atom. The molecule has 0 atom stereocenters. The number of carbonyl (C=O) groups is 1. The number of carbonyl (C=O) groups excluding carboxylic acids is 1. The Labute approximate surface area is 242 Å². The van der Waals surface area contributed by atoms with Crippen LogP contribution < -0.4 is 10.5 Å². The molecule has 3 rings (SSSR count). The molecule has 0 saturated heterocycles. The summed E-state index contributed by atoms with van der Waals surface area (Å²) in [4.78, 5) is 17.0. The quantitative estimate of drug-likeness (QED) is 0.183. The minimum absolute atomic E-state index is 0.0814. The molecule has 0 aliphatic carbocycles. The maximum atomic E-state index is 12.7. The Bertz CT molecular complexity index is 1290. The van der Waals surface area contributed by atoms with E-state index in [2.05, 4.69) is 0 Å². The van der Waals surface area contributed by atoms with Crippen LogP contribution in [0.25, 0.3) is 0 Å². The molecular weight excluding hydrogens is 584 g/mol. The molecule has 3 aromatic rings. The van der Waals surface area contributed by atoms with Crippen molar-refractivity contribution in [3.8, 4) is 5.75 Å². The summed E-state index contributed by atoms with van der Waals surface area (Å²) in [5.41, 5.74) is 7.00. The number of hydrogen-bond donors (Lipinski definition) is 1. The number of hydrogen-bond acceptors (Lipinski definition) is 8. The number of benzene rings is 2. The first-order chi connectivity index (χ1) is 18.5. The molecular formula is C26H32Cl2N3O6PS. The van der Waals surface area contributed by atoms with Crippen LogP contribution in [-0.2, 0) is 31.5 Å². The van der Waals surface area contributed by atoms with E-state index in [4.69, 9.17) is 52.4 Å². The average Bonchev–Trinajstić information content (AvgIpc) is 3.19. The van der Waals surface area contributed by atoms with Crippen molar-refractivity contribution in [1.29, 1.82) is 0 Å². The summed E-state index contributed by atoms with van der Waals surface area (Å²) < 4.78 is 36.0. The lowest BCUT2D eigenvalue weighted by atomic mass is 10.1. The first-order valence-electron chi connectivity index (χ1n) is 12.3. The van der Waals surface area contributed by atoms with Gasteiger partial charge in [-0.15, -0.1) is 0 Å². The molecule has 0 aliphatic rings. The highest BCUT2D eigenvalue weighted by atomic mass is 35.5. The Balaban J connectivity index is 1.90. The molecule has 13 heteroatoms. The van der Waals surface area contributed by atoms with E-state index in [-0.39, 0.29) is 32.1 Å². The summed E-state index contributed by atoms with van der Waals surface area (Å²) in [7, 11) is -3.34. The molecule has 0 saturated carbocycles. The second-order valence-corrected chi connectivity index (χ2v) is 12.6. The number of halogens is 2. The van der Waals surface area contributed by atoms with Crippen molar-refractivity contribution >= 4 is 48.7 Å². The number of ether oxygens (including phenoxy) is 2. The monoisotopic (exact) mass is 615 g/mol. The van der Waals surface area contributed by atoms with Crippen LogP contribution in [0.3, 0.4) is 0 Å². The van der Waals surface area contributed by atoms with Gasteiger partial charge in [0.25, 0.3) is 0 Å². The summed E-state index contributed by atoms with van der Waals surface area (Å²) in [6.45, 7) is 8.42. The van der Waals surface area contributed by atoms with Gasteiger partial charge in [0.05, 0.1) is 18.9 Å². The van der Waals surface area contributed by atoms with Gasteiger partial charge in [0, 0.05) is 21.5 Å². The molecule has 9 nitrogen and oxygen atoms in total. The first-order valence-corrected chi connectivity index (χ1v) is 15.6. The largest absolute Gasteiger partial charge is 0.481 e. The van der Waals surface area contributed by atoms with Gasteiger partial charge >= 0.3 is 13.7 Å². The fourth-order valence-corrected chi connectivity index (χ4v) is 6.86. The van der Waals surface area contributed by atoms with Gasteiger partial charge in [-0.2, -0.15) is 0 Å². The fourth-order valence-electron chi connectivity index (χ4n) is 3.63. The number of nitrogens with zero attached hydrogens (tertiary/aromatic N) is 2. The first kappa shape index (κ1) is 31.3. The van der Waals surface area contributed by atoms with Gasteiger partial charge in [-0.3, -0.25) is 4.57 Å². The maximum absolute atomic E-state index is 12.7. The van der Waals surface area contributed by atoms with E-state index in [1.807, 2.05) is 42.7 Å². The molecule has 0 bridgehead atoms. The van der Waals surface area contributed by atoms with Crippen LogP contribution in [0.2, 0.25) is 10.0 Å². The number of imidazole rings is 1. The third kappa shape index (κ3) is 9.17. The van der Waals surface area contributed by atoms with Crippen molar-refractivity contribution in [2.45, 2.75) is 56.7 Å². The second kappa shape index (κ2) is 14.4. The summed E-state index contributed by atoms with van der Waals surface area (Å²) in [5.74, 6) is 1.15. The molecule has 2 N–H and O–H groups in total. The van der Waals surface area contributed by atoms with Crippen molar-refractivity contribution in [3.63, 3.8) is 0 Å². The molecule has 0 spiro atoms. The summed E-state index contributed by atoms with van der Waals surface area (Å²) >= 11 is 14.0. The predicted octanol–water partition coefficient (Wildman–Crippen LogP) is 7.71. The molecule has 212 valence electrons. The second-order valence-electron chi connectivity index (χ2n) is 8.64. The van der Waals surface area contributed by atoms with Crippen LogP contribution in [0.4, 0.5) is 4.79 Å². The van der Waals surface area contributed by atoms with E-state index in [1.165, 1.54) is 11.8 Å². The Morgan fingerprint density at radius 1 is 1.08 bits per heavy atom. The van der Waals surface area contributed by atoms with E-state index in [9.17, 15) is 9.36 Å². The van der Waals surface area contributed by atoms with Crippen LogP contribution >= 0.6 is 42.6 Å². The lowest BCUT2D eigenvalue weighted by molar-refractivity contribution is 0.145. The van der Waals surface area contributed by atoms with Crippen LogP contribution in [0.1, 0.15) is 50.7 Å². The maximum Gasteiger partial charge on any atom is 0.404 e. The number of amides is 1. The third-order valence-electron chi connectivity index (χ3n) is 5.27. The van der Waals surface area contributed by atoms with E-state index < -0.39 is 13.7 Å². The molecule has 1 heterocycles. The van der Waals surface area contributed by atoms with Crippen molar-refractivity contribution < 1.29 is 27.9 Å². The molecule has 1 amide bonds. The number of aromatic nitrogens is 2. The number of nitrogens with two attached hydrogens (primary N) is 1. The van der Waals surface area contributed by atoms with E-state index in [0.29, 0.717) is 28.2 Å². The fraction of sp³-hybridized carbons (Fsp3) is 0.385. The smallest absolute Gasteiger partial charge is 0.404 e. The molecule has 0 radical (unpaired) electrons. The van der Waals surface area contributed by atoms with Crippen LogP contribution in [-0.4, -0.2) is 35.2 Å². The lowest BCUT2D eigenvalue weighted by Gasteiger charge is -2.17. The minimum Gasteiger partial charge on any atom is -0.481 e. The standard InChI is InChI=1S/C26H32Cl2N3O6PS/c1-5-36-38(33,37-6-2)16-35-21-9-7-18(8-10-21)14-31-23(15-34-26(29)32)30-24(17(3)4)25(31)39-22-12-19(27)11-20(28)13-22/h7-13,17H,5-6,14-16H2,1-4H3,(H2,29,32). The molecule has 0 unspecified atom stereocenters. The topological polar surface area (TPSA) is 115 Å². The average molecular weight is 617 g/mol. The van der Waals surface area contributed by atoms with Gasteiger partial charge in [0.2, 0.25) is 0 Å². The summed E-state index contributed by atoms with van der Waals surface area (Å²) in [5, 5.41) is 1.91. The molecule has 1 aromatic heterocycles. The summed E-state index contributed by atoms with van der Waals surface area (Å²) in [6.07, 6.45) is -1.07. The zero-order valence-corrected chi connectivity index (χ0v) is 25.4. The van der Waals surface area contributed by atoms with Crippen molar-refractivity contribution in [1.82, 2.24) is 9.55 Å². The van der Waals surface area contributed by atoms with Crippen molar-refractivity contribution in [2.75, 3.05) is 19.6 Å². The summed E-state index contributed by atoms with van der Waals surface area (Å²) in [6, 6.07) is 12.7.